The van der Waals surface area contributed by atoms with Crippen LogP contribution in [0.1, 0.15) is 0 Å². The van der Waals surface area contributed by atoms with Crippen LogP contribution in [0.2, 0.25) is 5.02 Å². The Kier molecular flexibility index (Phi) is 4.32. The topological polar surface area (TPSA) is 92.5 Å². The molecule has 0 aromatic heterocycles. The van der Waals surface area contributed by atoms with Crippen molar-refractivity contribution in [1.82, 2.24) is 0 Å². The molecule has 0 saturated carbocycles. The van der Waals surface area contributed by atoms with Crippen molar-refractivity contribution in [3.05, 3.63) is 57.6 Å². The van der Waals surface area contributed by atoms with Crippen molar-refractivity contribution in [2.24, 2.45) is 5.92 Å². The number of hydrogen-bond acceptors (Lipinski definition) is 4. The number of nitrogens with one attached hydrogen (secondary N) is 1. The van der Waals surface area contributed by atoms with Crippen LogP contribution >= 0.6 is 23.2 Å². The summed E-state index contributed by atoms with van der Waals surface area (Å²) in [4.78, 5) is 22.1. The SMILES string of the molecule is O=C(Nc1ccc([N+](=O)[O-])c(Cl)c1)C1C=CC=CC1(O)Cl. The first-order chi connectivity index (χ1) is 9.81. The highest BCUT2D eigenvalue weighted by molar-refractivity contribution is 6.33. The molecule has 0 saturated heterocycles. The van der Waals surface area contributed by atoms with Gasteiger partial charge in [-0.2, -0.15) is 0 Å². The molecule has 0 bridgehead atoms. The zero-order valence-electron chi connectivity index (χ0n) is 10.5. The third-order valence-corrected chi connectivity index (χ3v) is 3.54. The fourth-order valence-corrected chi connectivity index (χ4v) is 2.32. The van der Waals surface area contributed by atoms with E-state index in [1.54, 1.807) is 6.08 Å². The van der Waals surface area contributed by atoms with Crippen LogP contribution in [0.3, 0.4) is 0 Å². The lowest BCUT2D eigenvalue weighted by Crippen LogP contribution is -2.38. The summed E-state index contributed by atoms with van der Waals surface area (Å²) in [6.45, 7) is 0. The number of amides is 1. The number of nitrogens with zero attached hydrogens (tertiary/aromatic N) is 1. The summed E-state index contributed by atoms with van der Waals surface area (Å²) < 4.78 is 0. The molecule has 1 aromatic rings. The van der Waals surface area contributed by atoms with Gasteiger partial charge < -0.3 is 10.4 Å². The zero-order chi connectivity index (χ0) is 15.6. The van der Waals surface area contributed by atoms with E-state index in [-0.39, 0.29) is 16.4 Å². The second-order valence-electron chi connectivity index (χ2n) is 4.36. The summed E-state index contributed by atoms with van der Waals surface area (Å²) in [5.74, 6) is -1.55. The Morgan fingerprint density at radius 3 is 2.71 bits per heavy atom. The van der Waals surface area contributed by atoms with Gasteiger partial charge in [-0.3, -0.25) is 14.9 Å². The van der Waals surface area contributed by atoms with Gasteiger partial charge in [0.1, 0.15) is 10.9 Å². The third kappa shape index (κ3) is 3.41. The lowest BCUT2D eigenvalue weighted by Gasteiger charge is -2.26. The Bertz CT molecular complexity index is 656. The Morgan fingerprint density at radius 1 is 1.43 bits per heavy atom. The van der Waals surface area contributed by atoms with Gasteiger partial charge in [0.25, 0.3) is 5.69 Å². The highest BCUT2D eigenvalue weighted by Gasteiger charge is 2.37. The van der Waals surface area contributed by atoms with Crippen molar-refractivity contribution in [3.63, 3.8) is 0 Å². The molecule has 0 spiro atoms. The van der Waals surface area contributed by atoms with Gasteiger partial charge >= 0.3 is 0 Å². The Balaban J connectivity index is 2.17. The quantitative estimate of drug-likeness (QED) is 0.507. The number of hydrogen-bond donors (Lipinski definition) is 2. The van der Waals surface area contributed by atoms with E-state index in [0.29, 0.717) is 0 Å². The first kappa shape index (κ1) is 15.5. The molecule has 0 radical (unpaired) electrons. The minimum absolute atomic E-state index is 0.0991. The van der Waals surface area contributed by atoms with E-state index in [9.17, 15) is 20.0 Å². The standard InChI is InChI=1S/C13H10Cl2N2O4/c14-10-7-8(4-5-11(10)17(20)21)16-12(18)9-3-1-2-6-13(9,15)19/h1-7,9,19H,(H,16,18). The fourth-order valence-electron chi connectivity index (χ4n) is 1.83. The molecular weight excluding hydrogens is 319 g/mol. The van der Waals surface area contributed by atoms with Gasteiger partial charge in [-0.25, -0.2) is 0 Å². The molecule has 21 heavy (non-hydrogen) atoms. The molecule has 1 amide bonds. The maximum Gasteiger partial charge on any atom is 0.288 e. The predicted octanol–water partition coefficient (Wildman–Crippen LogP) is 2.86. The Labute approximate surface area is 129 Å². The number of nitro groups is 1. The van der Waals surface area contributed by atoms with Crippen LogP contribution in [-0.4, -0.2) is 21.0 Å². The van der Waals surface area contributed by atoms with Crippen molar-refractivity contribution >= 4 is 40.5 Å². The zero-order valence-corrected chi connectivity index (χ0v) is 12.0. The van der Waals surface area contributed by atoms with E-state index < -0.39 is 21.8 Å². The van der Waals surface area contributed by atoms with Crippen LogP contribution in [0, 0.1) is 16.0 Å². The molecule has 2 rings (SSSR count). The molecule has 0 aliphatic heterocycles. The first-order valence-corrected chi connectivity index (χ1v) is 6.59. The maximum absolute atomic E-state index is 12.1. The number of alkyl halides is 1. The predicted molar refractivity (Wildman–Crippen MR) is 79.3 cm³/mol. The van der Waals surface area contributed by atoms with Crippen molar-refractivity contribution in [2.75, 3.05) is 5.32 Å². The van der Waals surface area contributed by atoms with E-state index in [1.807, 2.05) is 0 Å². The van der Waals surface area contributed by atoms with Crippen molar-refractivity contribution < 1.29 is 14.8 Å². The van der Waals surface area contributed by atoms with Gasteiger partial charge in [0.15, 0.2) is 5.06 Å². The Morgan fingerprint density at radius 2 is 2.14 bits per heavy atom. The highest BCUT2D eigenvalue weighted by atomic mass is 35.5. The van der Waals surface area contributed by atoms with Crippen molar-refractivity contribution in [3.8, 4) is 0 Å². The number of carbonyl (C=O) groups excluding carboxylic acids is 1. The lowest BCUT2D eigenvalue weighted by molar-refractivity contribution is -0.384. The van der Waals surface area contributed by atoms with Gasteiger partial charge in [0.05, 0.1) is 4.92 Å². The van der Waals surface area contributed by atoms with E-state index in [2.05, 4.69) is 5.32 Å². The van der Waals surface area contributed by atoms with Crippen LogP contribution in [0.25, 0.3) is 0 Å². The Hall–Kier alpha value is -1.89. The average molecular weight is 329 g/mol. The number of allylic oxidation sites excluding steroid dienone is 2. The fraction of sp³-hybridized carbons (Fsp3) is 0.154. The molecule has 2 atom stereocenters. The number of rotatable bonds is 3. The van der Waals surface area contributed by atoms with Crippen LogP contribution in [0.15, 0.2) is 42.5 Å². The first-order valence-electron chi connectivity index (χ1n) is 5.83. The van der Waals surface area contributed by atoms with Gasteiger partial charge in [-0.15, -0.1) is 0 Å². The second kappa shape index (κ2) is 5.85. The van der Waals surface area contributed by atoms with Crippen molar-refractivity contribution in [2.45, 2.75) is 5.06 Å². The minimum Gasteiger partial charge on any atom is -0.370 e. The summed E-state index contributed by atoms with van der Waals surface area (Å²) in [5.41, 5.74) is 0.00929. The van der Waals surface area contributed by atoms with E-state index in [4.69, 9.17) is 23.2 Å². The molecule has 110 valence electrons. The molecule has 8 heteroatoms. The van der Waals surface area contributed by atoms with E-state index >= 15 is 0 Å². The number of aliphatic hydroxyl groups is 1. The second-order valence-corrected chi connectivity index (χ2v) is 5.37. The van der Waals surface area contributed by atoms with Gasteiger partial charge in [-0.1, -0.05) is 41.4 Å². The normalized spacial score (nSPS) is 23.9. The van der Waals surface area contributed by atoms with Gasteiger partial charge in [-0.05, 0) is 18.2 Å². The molecule has 1 aromatic carbocycles. The monoisotopic (exact) mass is 328 g/mol. The number of anilines is 1. The lowest BCUT2D eigenvalue weighted by atomic mass is 9.96. The number of carbonyl (C=O) groups is 1. The van der Waals surface area contributed by atoms with Crippen LogP contribution in [-0.2, 0) is 4.79 Å². The van der Waals surface area contributed by atoms with Crippen molar-refractivity contribution in [1.29, 1.82) is 0 Å². The van der Waals surface area contributed by atoms with Gasteiger partial charge in [0.2, 0.25) is 5.91 Å². The van der Waals surface area contributed by atoms with Crippen LogP contribution < -0.4 is 5.32 Å². The molecule has 6 nitrogen and oxygen atoms in total. The highest BCUT2D eigenvalue weighted by Crippen LogP contribution is 2.31. The van der Waals surface area contributed by atoms with E-state index in [0.717, 1.165) is 0 Å². The summed E-state index contributed by atoms with van der Waals surface area (Å²) in [5, 5.41) is 21.1. The van der Waals surface area contributed by atoms with Crippen LogP contribution in [0.5, 0.6) is 0 Å². The summed E-state index contributed by atoms with van der Waals surface area (Å²) in [7, 11) is 0. The summed E-state index contributed by atoms with van der Waals surface area (Å²) in [6.07, 6.45) is 5.86. The smallest absolute Gasteiger partial charge is 0.288 e. The van der Waals surface area contributed by atoms with Crippen LogP contribution in [0.4, 0.5) is 11.4 Å². The maximum atomic E-state index is 12.1. The largest absolute Gasteiger partial charge is 0.370 e. The molecule has 2 N–H and O–H groups in total. The van der Waals surface area contributed by atoms with Gasteiger partial charge in [0, 0.05) is 11.8 Å². The molecule has 1 aliphatic carbocycles. The summed E-state index contributed by atoms with van der Waals surface area (Å²) in [6, 6.07) is 3.78. The van der Waals surface area contributed by atoms with E-state index in [1.165, 1.54) is 36.4 Å². The molecule has 1 aliphatic rings. The molecule has 0 fully saturated rings. The number of nitro benzene ring substituents is 1. The average Bonchev–Trinajstić information content (AvgIpc) is 2.37. The number of benzene rings is 1. The molecule has 0 heterocycles. The number of halogens is 2. The summed E-state index contributed by atoms with van der Waals surface area (Å²) >= 11 is 11.6. The minimum atomic E-state index is -1.82. The molecule has 2 unspecified atom stereocenters. The molecular formula is C13H10Cl2N2O4. The third-order valence-electron chi connectivity index (χ3n) is 2.88.